The van der Waals surface area contributed by atoms with Gasteiger partial charge in [0.05, 0.1) is 11.8 Å². The molecule has 1 unspecified atom stereocenters. The average Bonchev–Trinajstić information content (AvgIpc) is 2.71. The van der Waals surface area contributed by atoms with Crippen molar-refractivity contribution >= 4 is 11.7 Å². The second-order valence-corrected chi connectivity index (χ2v) is 4.67. The van der Waals surface area contributed by atoms with E-state index in [1.165, 1.54) is 0 Å². The lowest BCUT2D eigenvalue weighted by atomic mass is 9.98. The van der Waals surface area contributed by atoms with Crippen LogP contribution in [0.15, 0.2) is 65.7 Å². The van der Waals surface area contributed by atoms with Crippen LogP contribution in [0, 0.1) is 0 Å². The highest BCUT2D eigenvalue weighted by molar-refractivity contribution is 6.06. The molecule has 0 aromatic heterocycles. The minimum atomic E-state index is -0.359. The van der Waals surface area contributed by atoms with Gasteiger partial charge < -0.3 is 0 Å². The number of nitrogens with zero attached hydrogens (tertiary/aromatic N) is 1. The van der Waals surface area contributed by atoms with E-state index in [2.05, 4.69) is 15.8 Å². The Balaban J connectivity index is 1.91. The monoisotopic (exact) mass is 265 g/mol. The maximum absolute atomic E-state index is 11.7. The third kappa shape index (κ3) is 2.75. The van der Waals surface area contributed by atoms with Crippen LogP contribution in [0.2, 0.25) is 0 Å². The number of carbonyl (C=O) groups is 1. The lowest BCUT2D eigenvalue weighted by Gasteiger charge is -2.16. The van der Waals surface area contributed by atoms with Gasteiger partial charge in [0.15, 0.2) is 0 Å². The van der Waals surface area contributed by atoms with Crippen LogP contribution >= 0.6 is 0 Å². The number of carbonyl (C=O) groups excluding carboxylic acids is 1. The first kappa shape index (κ1) is 12.6. The minimum absolute atomic E-state index is 0.0154. The van der Waals surface area contributed by atoms with Crippen LogP contribution in [0.25, 0.3) is 0 Å². The number of hydrazine groups is 1. The number of hydrogen-bond donors (Lipinski definition) is 2. The molecule has 1 atom stereocenters. The predicted octanol–water partition coefficient (Wildman–Crippen LogP) is 2.83. The maximum Gasteiger partial charge on any atom is 0.355 e. The zero-order chi connectivity index (χ0) is 13.8. The Kier molecular flexibility index (Phi) is 3.56. The molecule has 0 aliphatic carbocycles. The molecule has 3 rings (SSSR count). The Labute approximate surface area is 117 Å². The van der Waals surface area contributed by atoms with Gasteiger partial charge in [-0.25, -0.2) is 10.2 Å². The topological polar surface area (TPSA) is 53.5 Å². The van der Waals surface area contributed by atoms with Crippen molar-refractivity contribution in [3.8, 4) is 0 Å². The minimum Gasteiger partial charge on any atom is -0.271 e. The molecule has 0 radical (unpaired) electrons. The van der Waals surface area contributed by atoms with Crippen molar-refractivity contribution in [2.24, 2.45) is 4.99 Å². The van der Waals surface area contributed by atoms with E-state index in [0.717, 1.165) is 16.8 Å². The van der Waals surface area contributed by atoms with Gasteiger partial charge >= 0.3 is 6.03 Å². The quantitative estimate of drug-likeness (QED) is 0.877. The van der Waals surface area contributed by atoms with Crippen molar-refractivity contribution in [3.63, 3.8) is 0 Å². The van der Waals surface area contributed by atoms with E-state index < -0.39 is 0 Å². The Morgan fingerprint density at radius 1 is 0.950 bits per heavy atom. The molecule has 1 aliphatic heterocycles. The molecular weight excluding hydrogens is 250 g/mol. The second kappa shape index (κ2) is 5.67. The molecule has 2 amide bonds. The van der Waals surface area contributed by atoms with E-state index in [0.29, 0.717) is 6.42 Å². The fourth-order valence-electron chi connectivity index (χ4n) is 2.29. The first-order chi connectivity index (χ1) is 9.83. The van der Waals surface area contributed by atoms with E-state index in [1.807, 2.05) is 60.7 Å². The highest BCUT2D eigenvalue weighted by Crippen LogP contribution is 2.20. The Hall–Kier alpha value is -2.46. The number of aliphatic imine (C=N–C) groups is 1. The summed E-state index contributed by atoms with van der Waals surface area (Å²) in [6, 6.07) is 19.5. The average molecular weight is 265 g/mol. The van der Waals surface area contributed by atoms with Crippen LogP contribution in [0.4, 0.5) is 4.79 Å². The van der Waals surface area contributed by atoms with E-state index in [1.54, 1.807) is 0 Å². The second-order valence-electron chi connectivity index (χ2n) is 4.67. The number of benzene rings is 2. The third-order valence-electron chi connectivity index (χ3n) is 3.30. The van der Waals surface area contributed by atoms with Gasteiger partial charge in [-0.15, -0.1) is 0 Å². The van der Waals surface area contributed by atoms with Gasteiger partial charge in [-0.2, -0.15) is 4.99 Å². The molecule has 0 fully saturated rings. The predicted molar refractivity (Wildman–Crippen MR) is 78.4 cm³/mol. The van der Waals surface area contributed by atoms with E-state index in [4.69, 9.17) is 0 Å². The maximum atomic E-state index is 11.7. The summed E-state index contributed by atoms with van der Waals surface area (Å²) in [6.45, 7) is 0. The Morgan fingerprint density at radius 2 is 1.60 bits per heavy atom. The van der Waals surface area contributed by atoms with Crippen molar-refractivity contribution in [1.29, 1.82) is 0 Å². The van der Waals surface area contributed by atoms with Crippen LogP contribution in [-0.4, -0.2) is 11.7 Å². The van der Waals surface area contributed by atoms with Gasteiger partial charge in [-0.3, -0.25) is 5.43 Å². The van der Waals surface area contributed by atoms with Crippen LogP contribution in [0.3, 0.4) is 0 Å². The van der Waals surface area contributed by atoms with Crippen molar-refractivity contribution in [2.45, 2.75) is 12.5 Å². The molecule has 1 heterocycles. The van der Waals surface area contributed by atoms with Crippen LogP contribution in [-0.2, 0) is 0 Å². The molecule has 4 heteroatoms. The summed E-state index contributed by atoms with van der Waals surface area (Å²) in [5, 5.41) is 0. The smallest absolute Gasteiger partial charge is 0.271 e. The molecule has 0 spiro atoms. The van der Waals surface area contributed by atoms with Crippen LogP contribution in [0.1, 0.15) is 23.6 Å². The number of amides is 2. The number of urea groups is 1. The molecule has 100 valence electrons. The summed E-state index contributed by atoms with van der Waals surface area (Å²) in [7, 11) is 0. The summed E-state index contributed by atoms with van der Waals surface area (Å²) >= 11 is 0. The van der Waals surface area contributed by atoms with E-state index in [9.17, 15) is 4.79 Å². The lowest BCUT2D eigenvalue weighted by molar-refractivity contribution is 0.244. The zero-order valence-electron chi connectivity index (χ0n) is 10.9. The Morgan fingerprint density at radius 3 is 2.30 bits per heavy atom. The van der Waals surface area contributed by atoms with E-state index >= 15 is 0 Å². The molecule has 2 aromatic rings. The Bertz CT molecular complexity index is 623. The molecule has 1 aliphatic rings. The van der Waals surface area contributed by atoms with Gasteiger partial charge in [0.1, 0.15) is 0 Å². The fraction of sp³-hybridized carbons (Fsp3) is 0.125. The first-order valence-electron chi connectivity index (χ1n) is 6.56. The summed E-state index contributed by atoms with van der Waals surface area (Å²) < 4.78 is 0. The highest BCUT2D eigenvalue weighted by atomic mass is 16.2. The van der Waals surface area contributed by atoms with Crippen molar-refractivity contribution < 1.29 is 4.79 Å². The third-order valence-corrected chi connectivity index (χ3v) is 3.30. The largest absolute Gasteiger partial charge is 0.355 e. The van der Waals surface area contributed by atoms with Gasteiger partial charge in [-0.1, -0.05) is 60.7 Å². The molecule has 2 N–H and O–H groups in total. The number of nitrogens with one attached hydrogen (secondary N) is 2. The molecule has 0 bridgehead atoms. The van der Waals surface area contributed by atoms with Crippen LogP contribution < -0.4 is 10.9 Å². The lowest BCUT2D eigenvalue weighted by Crippen LogP contribution is -2.36. The molecule has 0 saturated carbocycles. The standard InChI is InChI=1S/C16H15N3O/c20-16-17-14(12-7-3-1-4-8-12)11-15(18-19-16)13-9-5-2-6-10-13/h1-10,15,18H,11H2,(H,19,20). The summed E-state index contributed by atoms with van der Waals surface area (Å²) in [6.07, 6.45) is 0.659. The summed E-state index contributed by atoms with van der Waals surface area (Å²) in [4.78, 5) is 15.8. The van der Waals surface area contributed by atoms with Gasteiger partial charge in [-0.05, 0) is 11.1 Å². The molecule has 20 heavy (non-hydrogen) atoms. The highest BCUT2D eigenvalue weighted by Gasteiger charge is 2.20. The van der Waals surface area contributed by atoms with Crippen LogP contribution in [0.5, 0.6) is 0 Å². The summed E-state index contributed by atoms with van der Waals surface area (Å²) in [5.74, 6) is 0. The fourth-order valence-corrected chi connectivity index (χ4v) is 2.29. The molecular formula is C16H15N3O. The molecule has 4 nitrogen and oxygen atoms in total. The SMILES string of the molecule is O=C1N=C(c2ccccc2)CC(c2ccccc2)NN1. The summed E-state index contributed by atoms with van der Waals surface area (Å²) in [5.41, 5.74) is 8.55. The zero-order valence-corrected chi connectivity index (χ0v) is 10.9. The van der Waals surface area contributed by atoms with Gasteiger partial charge in [0, 0.05) is 6.42 Å². The number of hydrogen-bond acceptors (Lipinski definition) is 2. The van der Waals surface area contributed by atoms with Crippen molar-refractivity contribution in [2.75, 3.05) is 0 Å². The first-order valence-corrected chi connectivity index (χ1v) is 6.56. The van der Waals surface area contributed by atoms with Gasteiger partial charge in [0.2, 0.25) is 0 Å². The van der Waals surface area contributed by atoms with Crippen molar-refractivity contribution in [1.82, 2.24) is 10.9 Å². The van der Waals surface area contributed by atoms with E-state index in [-0.39, 0.29) is 12.1 Å². The molecule has 2 aromatic carbocycles. The van der Waals surface area contributed by atoms with Gasteiger partial charge in [0.25, 0.3) is 0 Å². The molecule has 0 saturated heterocycles. The normalized spacial score (nSPS) is 18.9. The van der Waals surface area contributed by atoms with Crippen molar-refractivity contribution in [3.05, 3.63) is 71.8 Å². The number of rotatable bonds is 2.